The lowest BCUT2D eigenvalue weighted by molar-refractivity contribution is -0.133. The largest absolute Gasteiger partial charge is 0.355 e. The summed E-state index contributed by atoms with van der Waals surface area (Å²) in [5.74, 6) is 1.87. The minimum absolute atomic E-state index is 0.0926. The van der Waals surface area contributed by atoms with Crippen LogP contribution in [0.3, 0.4) is 0 Å². The van der Waals surface area contributed by atoms with Crippen LogP contribution in [0.4, 0.5) is 0 Å². The van der Waals surface area contributed by atoms with E-state index in [0.717, 1.165) is 31.8 Å². The summed E-state index contributed by atoms with van der Waals surface area (Å²) in [6.07, 6.45) is 4.80. The number of carbonyl (C=O) groups is 1. The first kappa shape index (κ1) is 15.2. The van der Waals surface area contributed by atoms with Gasteiger partial charge in [0.2, 0.25) is 5.91 Å². The van der Waals surface area contributed by atoms with Crippen molar-refractivity contribution in [2.75, 3.05) is 25.4 Å². The van der Waals surface area contributed by atoms with Gasteiger partial charge >= 0.3 is 0 Å². The molecule has 0 aromatic rings. The molecule has 4 heteroatoms. The Morgan fingerprint density at radius 1 is 1.42 bits per heavy atom. The molecule has 2 atom stereocenters. The van der Waals surface area contributed by atoms with Gasteiger partial charge in [-0.05, 0) is 25.3 Å². The second-order valence-electron chi connectivity index (χ2n) is 6.95. The van der Waals surface area contributed by atoms with Crippen LogP contribution in [0.15, 0.2) is 0 Å². The lowest BCUT2D eigenvalue weighted by Crippen LogP contribution is -2.48. The third-order valence-corrected chi connectivity index (χ3v) is 5.69. The fraction of sp³-hybridized carbons (Fsp3) is 0.933. The van der Waals surface area contributed by atoms with E-state index in [2.05, 4.69) is 31.4 Å². The number of thioether (sulfide) groups is 1. The SMILES string of the molecule is CC(C)(C)SCCNC(=O)[C@@]12CCCC[C@H]1CNC2. The van der Waals surface area contributed by atoms with Gasteiger partial charge in [0.25, 0.3) is 0 Å². The fourth-order valence-corrected chi connectivity index (χ4v) is 4.20. The second kappa shape index (κ2) is 6.04. The third kappa shape index (κ3) is 3.66. The first-order valence-electron chi connectivity index (χ1n) is 7.57. The van der Waals surface area contributed by atoms with Crippen LogP contribution in [0, 0.1) is 11.3 Å². The van der Waals surface area contributed by atoms with Crippen LogP contribution in [0.25, 0.3) is 0 Å². The molecule has 1 saturated carbocycles. The summed E-state index contributed by atoms with van der Waals surface area (Å²) in [6.45, 7) is 9.37. The summed E-state index contributed by atoms with van der Waals surface area (Å²) in [4.78, 5) is 12.6. The normalized spacial score (nSPS) is 31.0. The third-order valence-electron chi connectivity index (χ3n) is 4.41. The van der Waals surface area contributed by atoms with Gasteiger partial charge in [-0.2, -0.15) is 11.8 Å². The van der Waals surface area contributed by atoms with Crippen LogP contribution in [0.2, 0.25) is 0 Å². The lowest BCUT2D eigenvalue weighted by Gasteiger charge is -2.37. The first-order chi connectivity index (χ1) is 8.94. The van der Waals surface area contributed by atoms with Crippen molar-refractivity contribution in [1.29, 1.82) is 0 Å². The Morgan fingerprint density at radius 2 is 2.21 bits per heavy atom. The van der Waals surface area contributed by atoms with E-state index in [0.29, 0.717) is 11.8 Å². The summed E-state index contributed by atoms with van der Waals surface area (Å²) in [5, 5.41) is 6.62. The maximum absolute atomic E-state index is 12.6. The van der Waals surface area contributed by atoms with Gasteiger partial charge in [-0.1, -0.05) is 33.6 Å². The molecule has 110 valence electrons. The molecule has 3 nitrogen and oxygen atoms in total. The Morgan fingerprint density at radius 3 is 2.95 bits per heavy atom. The average molecular weight is 284 g/mol. The van der Waals surface area contributed by atoms with E-state index in [1.165, 1.54) is 19.3 Å². The van der Waals surface area contributed by atoms with Crippen LogP contribution in [0.1, 0.15) is 46.5 Å². The van der Waals surface area contributed by atoms with Crippen molar-refractivity contribution in [3.05, 3.63) is 0 Å². The molecule has 0 aromatic heterocycles. The molecule has 0 bridgehead atoms. The van der Waals surface area contributed by atoms with Crippen LogP contribution >= 0.6 is 11.8 Å². The molecule has 0 radical (unpaired) electrons. The van der Waals surface area contributed by atoms with Crippen molar-refractivity contribution in [3.63, 3.8) is 0 Å². The summed E-state index contributed by atoms with van der Waals surface area (Å²) < 4.78 is 0.283. The Bertz CT molecular complexity index is 327. The van der Waals surface area contributed by atoms with Crippen molar-refractivity contribution in [2.24, 2.45) is 11.3 Å². The molecule has 2 N–H and O–H groups in total. The number of hydrogen-bond acceptors (Lipinski definition) is 3. The van der Waals surface area contributed by atoms with E-state index in [1.54, 1.807) is 0 Å². The molecular weight excluding hydrogens is 256 g/mol. The maximum atomic E-state index is 12.6. The number of nitrogens with one attached hydrogen (secondary N) is 2. The molecule has 0 aromatic carbocycles. The van der Waals surface area contributed by atoms with Gasteiger partial charge in [-0.3, -0.25) is 4.79 Å². The summed E-state index contributed by atoms with van der Waals surface area (Å²) in [7, 11) is 0. The van der Waals surface area contributed by atoms with Gasteiger partial charge in [-0.15, -0.1) is 0 Å². The lowest BCUT2D eigenvalue weighted by atomic mass is 9.67. The van der Waals surface area contributed by atoms with Gasteiger partial charge in [0.15, 0.2) is 0 Å². The maximum Gasteiger partial charge on any atom is 0.227 e. The monoisotopic (exact) mass is 284 g/mol. The predicted molar refractivity (Wildman–Crippen MR) is 82.5 cm³/mol. The fourth-order valence-electron chi connectivity index (χ4n) is 3.39. The number of hydrogen-bond donors (Lipinski definition) is 2. The zero-order valence-electron chi connectivity index (χ0n) is 12.6. The molecule has 19 heavy (non-hydrogen) atoms. The highest BCUT2D eigenvalue weighted by Gasteiger charge is 2.49. The van der Waals surface area contributed by atoms with Gasteiger partial charge in [0.05, 0.1) is 5.41 Å². The van der Waals surface area contributed by atoms with Crippen molar-refractivity contribution in [1.82, 2.24) is 10.6 Å². The highest BCUT2D eigenvalue weighted by atomic mass is 32.2. The molecule has 2 rings (SSSR count). The van der Waals surface area contributed by atoms with Crippen LogP contribution in [-0.4, -0.2) is 36.0 Å². The Balaban J connectivity index is 1.82. The van der Waals surface area contributed by atoms with Gasteiger partial charge in [0, 0.05) is 23.6 Å². The molecule has 1 aliphatic heterocycles. The molecule has 2 aliphatic rings. The van der Waals surface area contributed by atoms with Crippen molar-refractivity contribution < 1.29 is 4.79 Å². The van der Waals surface area contributed by atoms with Gasteiger partial charge < -0.3 is 10.6 Å². The van der Waals surface area contributed by atoms with E-state index in [1.807, 2.05) is 11.8 Å². The molecule has 1 aliphatic carbocycles. The van der Waals surface area contributed by atoms with Crippen LogP contribution < -0.4 is 10.6 Å². The standard InChI is InChI=1S/C15H28N2OS/c1-14(2,3)19-9-8-17-13(18)15-7-5-4-6-12(15)10-16-11-15/h12,16H,4-11H2,1-3H3,(H,17,18)/t12-,15+/m0/s1. The van der Waals surface area contributed by atoms with Crippen molar-refractivity contribution in [3.8, 4) is 0 Å². The number of amides is 1. The zero-order valence-corrected chi connectivity index (χ0v) is 13.4. The highest BCUT2D eigenvalue weighted by Crippen LogP contribution is 2.43. The second-order valence-corrected chi connectivity index (χ2v) is 8.87. The number of fused-ring (bicyclic) bond motifs is 1. The van der Waals surface area contributed by atoms with E-state index in [-0.39, 0.29) is 10.2 Å². The van der Waals surface area contributed by atoms with E-state index in [4.69, 9.17) is 0 Å². The van der Waals surface area contributed by atoms with E-state index in [9.17, 15) is 4.79 Å². The van der Waals surface area contributed by atoms with Crippen molar-refractivity contribution in [2.45, 2.75) is 51.2 Å². The number of carbonyl (C=O) groups excluding carboxylic acids is 1. The first-order valence-corrected chi connectivity index (χ1v) is 8.56. The summed E-state index contributed by atoms with van der Waals surface area (Å²) >= 11 is 1.91. The quantitative estimate of drug-likeness (QED) is 0.779. The van der Waals surface area contributed by atoms with Crippen LogP contribution in [0.5, 0.6) is 0 Å². The van der Waals surface area contributed by atoms with E-state index < -0.39 is 0 Å². The van der Waals surface area contributed by atoms with Crippen molar-refractivity contribution >= 4 is 17.7 Å². The van der Waals surface area contributed by atoms with E-state index >= 15 is 0 Å². The van der Waals surface area contributed by atoms with Gasteiger partial charge in [-0.25, -0.2) is 0 Å². The molecule has 2 fully saturated rings. The Kier molecular flexibility index (Phi) is 4.83. The average Bonchev–Trinajstić information content (AvgIpc) is 2.78. The highest BCUT2D eigenvalue weighted by molar-refractivity contribution is 8.00. The van der Waals surface area contributed by atoms with Crippen LogP contribution in [-0.2, 0) is 4.79 Å². The molecule has 1 heterocycles. The van der Waals surface area contributed by atoms with Gasteiger partial charge in [0.1, 0.15) is 0 Å². The molecule has 1 saturated heterocycles. The smallest absolute Gasteiger partial charge is 0.227 e. The topological polar surface area (TPSA) is 41.1 Å². The zero-order chi connectivity index (χ0) is 13.9. The minimum atomic E-state index is -0.0926. The predicted octanol–water partition coefficient (Wildman–Crippen LogP) is 2.41. The summed E-state index contributed by atoms with van der Waals surface area (Å²) in [6, 6.07) is 0. The Labute approximate surface area is 121 Å². The Hall–Kier alpha value is -0.220. The molecule has 0 spiro atoms. The number of rotatable bonds is 4. The molecule has 1 amide bonds. The minimum Gasteiger partial charge on any atom is -0.355 e. The summed E-state index contributed by atoms with van der Waals surface area (Å²) in [5.41, 5.74) is -0.0926. The molecule has 0 unspecified atom stereocenters. The molecular formula is C15H28N2OS.